The molecule has 0 spiro atoms. The van der Waals surface area contributed by atoms with Crippen LogP contribution in [0, 0.1) is 31.8 Å². The Labute approximate surface area is 514 Å². The van der Waals surface area contributed by atoms with Gasteiger partial charge in [-0.2, -0.15) is 5.26 Å². The van der Waals surface area contributed by atoms with E-state index in [4.69, 9.17) is 56.7 Å². The van der Waals surface area contributed by atoms with E-state index in [9.17, 15) is 0 Å². The van der Waals surface area contributed by atoms with Gasteiger partial charge in [0.1, 0.15) is 37.1 Å². The molecule has 0 saturated carbocycles. The topological polar surface area (TPSA) is 350 Å². The maximum Gasteiger partial charge on any atom is 2.00 e. The van der Waals surface area contributed by atoms with E-state index in [0.717, 1.165) is 34.2 Å². The third kappa shape index (κ3) is 33.5. The largest absolute Gasteiger partial charge is 2.00 e. The summed E-state index contributed by atoms with van der Waals surface area (Å²) in [7, 11) is -9.89. The number of hydrogen-bond acceptors (Lipinski definition) is 21. The molecule has 0 radical (unpaired) electrons. The number of pyridine rings is 6. The summed E-state index contributed by atoms with van der Waals surface area (Å²) in [5.41, 5.74) is 8.64. The monoisotopic (exact) mass is 1250 g/mol. The number of halogens is 2. The van der Waals surface area contributed by atoms with Crippen molar-refractivity contribution in [3.63, 3.8) is 0 Å². The number of nitrogens with zero attached hydrogens (tertiary/aromatic N) is 10. The molecule has 9 aromatic rings. The van der Waals surface area contributed by atoms with E-state index in [1.54, 1.807) is 61.9 Å². The van der Waals surface area contributed by atoms with Gasteiger partial charge < -0.3 is 14.2 Å². The normalized spacial score (nSPS) is 11.7. The number of aromatic nitrogens is 6. The molecule has 86 heavy (non-hydrogen) atoms. The molecule has 446 valence electrons. The van der Waals surface area contributed by atoms with Gasteiger partial charge in [0.2, 0.25) is 0 Å². The predicted octanol–water partition coefficient (Wildman–Crippen LogP) is 3.72. The molecule has 21 nitrogen and oxygen atoms in total. The van der Waals surface area contributed by atoms with Crippen molar-refractivity contribution in [1.29, 1.82) is 5.26 Å². The quantitative estimate of drug-likeness (QED) is 0.0872. The van der Waals surface area contributed by atoms with Crippen molar-refractivity contribution in [3.05, 3.63) is 270 Å². The number of benzene rings is 3. The summed E-state index contributed by atoms with van der Waals surface area (Å²) in [5.74, 6) is 2.15. The fourth-order valence-corrected chi connectivity index (χ4v) is 6.60. The van der Waals surface area contributed by atoms with E-state index in [-0.39, 0.29) is 35.2 Å². The second-order valence-corrected chi connectivity index (χ2v) is 18.7. The molecule has 0 unspecified atom stereocenters. The van der Waals surface area contributed by atoms with Crippen molar-refractivity contribution in [2.24, 2.45) is 15.0 Å². The molecule has 0 saturated heterocycles. The molecule has 24 heteroatoms. The maximum absolute atomic E-state index is 8.49. The summed E-state index contributed by atoms with van der Waals surface area (Å²) >= 11 is 0. The Balaban J connectivity index is 0.000000304. The second kappa shape index (κ2) is 40.5. The molecule has 6 heterocycles. The molecule has 0 bridgehead atoms. The van der Waals surface area contributed by atoms with E-state index in [1.165, 1.54) is 23.6 Å². The summed E-state index contributed by atoms with van der Waals surface area (Å²) in [4.78, 5) is 39.4. The van der Waals surface area contributed by atoms with Crippen molar-refractivity contribution < 1.29 is 89.0 Å². The number of ether oxygens (including phenoxy) is 3. The SMILES string of the molecule is CC#N.C[C@@H](N=Cc1ccc(OCc2ccccn2)cn1)c1ccccc1.C[C@@H](N=Cc1ccc(OCc2ccccn2)cn1)c1ccccc1.C[C@@H](N=Cc1ccc(OCc2ccccn2)cn1)c1ccccc1.[Fe+2].[O-][Cl+3]([O-])([O-])[O-].[O-][Cl+3]([O-])([O-])[O-]. The third-order valence-electron chi connectivity index (χ3n) is 10.8. The van der Waals surface area contributed by atoms with Crippen LogP contribution in [-0.2, 0) is 36.9 Å². The molecular formula is C62H60Cl2FeN10O11. The minimum absolute atomic E-state index is 0. The zero-order valence-corrected chi connectivity index (χ0v) is 49.6. The number of nitriles is 1. The Morgan fingerprint density at radius 1 is 0.395 bits per heavy atom. The standard InChI is InChI=1S/3C20H19N3O.C2H3N.2ClHO4.Fe/c3*1-16(17-7-3-2-4-8-17)22-13-18-10-11-20(14-23-18)24-15-19-9-5-6-12-21-19;1-2-3;2*2-1(3,4)5;/h3*2-14,16H,15H2,1H3;1H3;2*(H,2,3,4,5);/q;;;;;;+2/p-2/t3*16-;;;;/m111..../s1. The fraction of sp³-hybridized carbons (Fsp3) is 0.161. The maximum atomic E-state index is 8.49. The molecule has 0 aliphatic heterocycles. The molecule has 0 amide bonds. The van der Waals surface area contributed by atoms with Crippen molar-refractivity contribution in [1.82, 2.24) is 29.9 Å². The summed E-state index contributed by atoms with van der Waals surface area (Å²) in [6, 6.07) is 61.3. The van der Waals surface area contributed by atoms with Crippen molar-refractivity contribution in [3.8, 4) is 23.3 Å². The second-order valence-electron chi connectivity index (χ2n) is 17.2. The number of hydrogen-bond donors (Lipinski definition) is 0. The first-order valence-electron chi connectivity index (χ1n) is 25.6. The van der Waals surface area contributed by atoms with Crippen LogP contribution in [0.1, 0.15) is 96.7 Å². The Hall–Kier alpha value is -8.76. The zero-order valence-electron chi connectivity index (χ0n) is 46.9. The average Bonchev–Trinajstić information content (AvgIpc) is 3.66. The predicted molar refractivity (Wildman–Crippen MR) is 297 cm³/mol. The van der Waals surface area contributed by atoms with Crippen molar-refractivity contribution in [2.45, 2.75) is 65.6 Å². The molecular weight excluding hydrogens is 1190 g/mol. The summed E-state index contributed by atoms with van der Waals surface area (Å²) in [6.07, 6.45) is 15.8. The summed E-state index contributed by atoms with van der Waals surface area (Å²) in [6.45, 7) is 8.92. The summed E-state index contributed by atoms with van der Waals surface area (Å²) in [5, 5.41) is 7.32. The average molecular weight is 1250 g/mol. The molecule has 0 fully saturated rings. The van der Waals surface area contributed by atoms with Crippen LogP contribution < -0.4 is 51.5 Å². The molecule has 3 aromatic carbocycles. The van der Waals surface area contributed by atoms with E-state index >= 15 is 0 Å². The molecule has 0 aliphatic rings. The van der Waals surface area contributed by atoms with Crippen LogP contribution in [0.5, 0.6) is 17.2 Å². The van der Waals surface area contributed by atoms with Gasteiger partial charge in [-0.15, -0.1) is 20.5 Å². The first kappa shape index (κ1) is 71.5. The number of aliphatic imine (C=N–C) groups is 3. The first-order chi connectivity index (χ1) is 40.8. The molecule has 0 aliphatic carbocycles. The van der Waals surface area contributed by atoms with Crippen LogP contribution in [0.25, 0.3) is 0 Å². The van der Waals surface area contributed by atoms with Gasteiger partial charge in [-0.25, -0.2) is 37.3 Å². The van der Waals surface area contributed by atoms with E-state index < -0.39 is 20.5 Å². The van der Waals surface area contributed by atoms with Crippen molar-refractivity contribution >= 4 is 18.6 Å². The Morgan fingerprint density at radius 3 is 0.826 bits per heavy atom. The minimum atomic E-state index is -4.94. The van der Waals surface area contributed by atoms with Crippen LogP contribution in [-0.4, -0.2) is 48.5 Å². The van der Waals surface area contributed by atoms with Crippen LogP contribution in [0.15, 0.2) is 234 Å². The fourth-order valence-electron chi connectivity index (χ4n) is 6.60. The van der Waals surface area contributed by atoms with E-state index in [0.29, 0.717) is 37.1 Å². The first-order valence-corrected chi connectivity index (χ1v) is 28.1. The Kier molecular flexibility index (Phi) is 33.7. The van der Waals surface area contributed by atoms with Gasteiger partial charge in [0.05, 0.1) is 76.9 Å². The third-order valence-corrected chi connectivity index (χ3v) is 10.8. The van der Waals surface area contributed by atoms with E-state index in [1.807, 2.05) is 146 Å². The van der Waals surface area contributed by atoms with Crippen molar-refractivity contribution in [2.75, 3.05) is 0 Å². The van der Waals surface area contributed by atoms with Gasteiger partial charge in [-0.3, -0.25) is 44.9 Å². The molecule has 0 N–H and O–H groups in total. The van der Waals surface area contributed by atoms with Gasteiger partial charge in [-0.05, 0) is 110 Å². The van der Waals surface area contributed by atoms with Crippen LogP contribution >= 0.6 is 0 Å². The van der Waals surface area contributed by atoms with Crippen LogP contribution in [0.2, 0.25) is 0 Å². The van der Waals surface area contributed by atoms with Crippen LogP contribution in [0.3, 0.4) is 0 Å². The van der Waals surface area contributed by atoms with Gasteiger partial charge >= 0.3 is 17.1 Å². The van der Waals surface area contributed by atoms with E-state index in [2.05, 4.69) is 102 Å². The Bertz CT molecular complexity index is 2970. The summed E-state index contributed by atoms with van der Waals surface area (Å²) < 4.78 is 85.0. The smallest absolute Gasteiger partial charge is 0.486 e. The molecule has 3 atom stereocenters. The Morgan fingerprint density at radius 2 is 0.628 bits per heavy atom. The van der Waals surface area contributed by atoms with Gasteiger partial charge in [0.25, 0.3) is 0 Å². The zero-order chi connectivity index (χ0) is 61.6. The van der Waals surface area contributed by atoms with Gasteiger partial charge in [-0.1, -0.05) is 109 Å². The number of rotatable bonds is 18. The molecule has 6 aromatic heterocycles. The van der Waals surface area contributed by atoms with Gasteiger partial charge in [0, 0.05) is 44.2 Å². The van der Waals surface area contributed by atoms with Crippen LogP contribution in [0.4, 0.5) is 0 Å². The molecule has 9 rings (SSSR count). The minimum Gasteiger partial charge on any atom is -0.486 e. The van der Waals surface area contributed by atoms with Gasteiger partial charge in [0.15, 0.2) is 0 Å².